The van der Waals surface area contributed by atoms with Gasteiger partial charge in [-0.1, -0.05) is 30.4 Å². The van der Waals surface area contributed by atoms with Crippen molar-refractivity contribution in [1.82, 2.24) is 10.3 Å². The second kappa shape index (κ2) is 9.07. The number of aromatic nitrogens is 1. The molecule has 0 atom stereocenters. The summed E-state index contributed by atoms with van der Waals surface area (Å²) in [4.78, 5) is 28.9. The lowest BCUT2D eigenvalue weighted by Gasteiger charge is -2.10. The van der Waals surface area contributed by atoms with Gasteiger partial charge < -0.3 is 9.73 Å². The van der Waals surface area contributed by atoms with E-state index in [-0.39, 0.29) is 22.7 Å². The van der Waals surface area contributed by atoms with Crippen molar-refractivity contribution in [3.8, 4) is 0 Å². The largest absolute Gasteiger partial charge is 0.459 e. The monoisotopic (exact) mass is 450 g/mol. The van der Waals surface area contributed by atoms with Gasteiger partial charge >= 0.3 is 0 Å². The standard InChI is InChI=1S/C22H18N4O3S2/c1-2-13-5-7-14(8-6-13)19(27)25-21(30)23-15-9-10-16-18(12-15)31-22(24-16)26-20(28)17-4-3-11-29-17/h3-12H,2H2,1H3,(H,24,26,28)(H2,23,25,27,30). The van der Waals surface area contributed by atoms with Gasteiger partial charge in [-0.3, -0.25) is 20.2 Å². The molecule has 31 heavy (non-hydrogen) atoms. The van der Waals surface area contributed by atoms with Crippen molar-refractivity contribution in [2.75, 3.05) is 10.6 Å². The predicted molar refractivity (Wildman–Crippen MR) is 126 cm³/mol. The van der Waals surface area contributed by atoms with Crippen LogP contribution in [0.2, 0.25) is 0 Å². The number of carbonyl (C=O) groups is 2. The highest BCUT2D eigenvalue weighted by atomic mass is 32.1. The van der Waals surface area contributed by atoms with Crippen LogP contribution in [-0.4, -0.2) is 21.9 Å². The summed E-state index contributed by atoms with van der Waals surface area (Å²) in [5.74, 6) is -0.424. The molecule has 156 valence electrons. The Bertz CT molecular complexity index is 1250. The zero-order valence-electron chi connectivity index (χ0n) is 16.5. The number of carbonyl (C=O) groups excluding carboxylic acids is 2. The number of nitrogens with one attached hydrogen (secondary N) is 3. The van der Waals surface area contributed by atoms with E-state index in [9.17, 15) is 9.59 Å². The maximum Gasteiger partial charge on any atom is 0.293 e. The molecule has 0 unspecified atom stereocenters. The molecule has 2 aromatic carbocycles. The minimum atomic E-state index is -0.363. The third-order valence-corrected chi connectivity index (χ3v) is 5.60. The SMILES string of the molecule is CCc1ccc(C(=O)NC(=S)Nc2ccc3nc(NC(=O)c4ccco4)sc3c2)cc1. The summed E-state index contributed by atoms with van der Waals surface area (Å²) in [6.45, 7) is 2.06. The normalized spacial score (nSPS) is 10.6. The summed E-state index contributed by atoms with van der Waals surface area (Å²) in [6.07, 6.45) is 2.35. The quantitative estimate of drug-likeness (QED) is 0.377. The van der Waals surface area contributed by atoms with Crippen LogP contribution in [0.15, 0.2) is 65.3 Å². The van der Waals surface area contributed by atoms with Gasteiger partial charge in [0.1, 0.15) is 0 Å². The first-order chi connectivity index (χ1) is 15.0. The van der Waals surface area contributed by atoms with E-state index < -0.39 is 0 Å². The molecule has 7 nitrogen and oxygen atoms in total. The Morgan fingerprint density at radius 3 is 2.58 bits per heavy atom. The molecule has 0 saturated carbocycles. The van der Waals surface area contributed by atoms with Crippen LogP contribution in [0.25, 0.3) is 10.2 Å². The van der Waals surface area contributed by atoms with E-state index in [1.807, 2.05) is 24.3 Å². The molecule has 0 spiro atoms. The molecule has 0 saturated heterocycles. The van der Waals surface area contributed by atoms with Crippen LogP contribution >= 0.6 is 23.6 Å². The van der Waals surface area contributed by atoms with Gasteiger partial charge in [-0.25, -0.2) is 4.98 Å². The molecule has 4 aromatic rings. The number of hydrogen-bond donors (Lipinski definition) is 3. The Kier molecular flexibility index (Phi) is 6.06. The smallest absolute Gasteiger partial charge is 0.293 e. The van der Waals surface area contributed by atoms with Gasteiger partial charge in [0, 0.05) is 11.3 Å². The maximum absolute atomic E-state index is 12.4. The number of amides is 2. The number of nitrogens with zero attached hydrogens (tertiary/aromatic N) is 1. The van der Waals surface area contributed by atoms with E-state index >= 15 is 0 Å². The van der Waals surface area contributed by atoms with Gasteiger partial charge in [0.25, 0.3) is 11.8 Å². The van der Waals surface area contributed by atoms with Crippen LogP contribution in [0.1, 0.15) is 33.4 Å². The molecule has 2 amide bonds. The summed E-state index contributed by atoms with van der Waals surface area (Å²) < 4.78 is 5.94. The summed E-state index contributed by atoms with van der Waals surface area (Å²) in [6, 6.07) is 16.1. The summed E-state index contributed by atoms with van der Waals surface area (Å²) in [7, 11) is 0. The van der Waals surface area contributed by atoms with E-state index in [0.29, 0.717) is 16.4 Å². The summed E-state index contributed by atoms with van der Waals surface area (Å²) >= 11 is 6.59. The molecule has 3 N–H and O–H groups in total. The molecule has 4 rings (SSSR count). The van der Waals surface area contributed by atoms with Crippen molar-refractivity contribution < 1.29 is 14.0 Å². The minimum absolute atomic E-state index is 0.194. The van der Waals surface area contributed by atoms with Gasteiger partial charge in [-0.15, -0.1) is 0 Å². The molecule has 0 aliphatic carbocycles. The molecule has 0 bridgehead atoms. The first kappa shape index (κ1) is 20.7. The van der Waals surface area contributed by atoms with Gasteiger partial charge in [-0.2, -0.15) is 0 Å². The Morgan fingerprint density at radius 1 is 1.06 bits per heavy atom. The first-order valence-corrected chi connectivity index (χ1v) is 10.7. The van der Waals surface area contributed by atoms with E-state index in [4.69, 9.17) is 16.6 Å². The number of fused-ring (bicyclic) bond motifs is 1. The number of benzene rings is 2. The zero-order valence-corrected chi connectivity index (χ0v) is 18.1. The molecular formula is C22H18N4O3S2. The van der Waals surface area contributed by atoms with Crippen molar-refractivity contribution in [1.29, 1.82) is 0 Å². The third kappa shape index (κ3) is 4.96. The average molecular weight is 451 g/mol. The van der Waals surface area contributed by atoms with Crippen LogP contribution in [0, 0.1) is 0 Å². The number of hydrogen-bond acceptors (Lipinski definition) is 6. The molecule has 0 aliphatic rings. The van der Waals surface area contributed by atoms with Crippen LogP contribution in [0.5, 0.6) is 0 Å². The van der Waals surface area contributed by atoms with Crippen molar-refractivity contribution in [2.24, 2.45) is 0 Å². The summed E-state index contributed by atoms with van der Waals surface area (Å²) in [5.41, 5.74) is 3.13. The molecule has 9 heteroatoms. The van der Waals surface area contributed by atoms with Gasteiger partial charge in [0.15, 0.2) is 16.0 Å². The molecule has 0 radical (unpaired) electrons. The molecule has 2 aromatic heterocycles. The first-order valence-electron chi connectivity index (χ1n) is 9.48. The second-order valence-electron chi connectivity index (χ2n) is 6.59. The fourth-order valence-electron chi connectivity index (χ4n) is 2.85. The lowest BCUT2D eigenvalue weighted by molar-refractivity contribution is 0.0975. The number of thiazole rings is 1. The molecule has 2 heterocycles. The van der Waals surface area contributed by atoms with E-state index in [2.05, 4.69) is 27.9 Å². The van der Waals surface area contributed by atoms with E-state index in [1.165, 1.54) is 17.6 Å². The molecular weight excluding hydrogens is 432 g/mol. The maximum atomic E-state index is 12.4. The van der Waals surface area contributed by atoms with Crippen molar-refractivity contribution in [3.63, 3.8) is 0 Å². The fourth-order valence-corrected chi connectivity index (χ4v) is 3.96. The Labute approximate surface area is 187 Å². The average Bonchev–Trinajstić information content (AvgIpc) is 3.43. The second-order valence-corrected chi connectivity index (χ2v) is 8.03. The third-order valence-electron chi connectivity index (χ3n) is 4.46. The number of aryl methyl sites for hydroxylation is 1. The van der Waals surface area contributed by atoms with E-state index in [1.54, 1.807) is 30.3 Å². The number of thiocarbonyl (C=S) groups is 1. The van der Waals surface area contributed by atoms with Crippen LogP contribution in [0.3, 0.4) is 0 Å². The van der Waals surface area contributed by atoms with Crippen molar-refractivity contribution in [2.45, 2.75) is 13.3 Å². The Balaban J connectivity index is 1.40. The highest BCUT2D eigenvalue weighted by Gasteiger charge is 2.13. The van der Waals surface area contributed by atoms with Crippen LogP contribution < -0.4 is 16.0 Å². The topological polar surface area (TPSA) is 96.3 Å². The Morgan fingerprint density at radius 2 is 1.87 bits per heavy atom. The Hall–Kier alpha value is -3.56. The van der Waals surface area contributed by atoms with Gasteiger partial charge in [0.2, 0.25) is 0 Å². The lowest BCUT2D eigenvalue weighted by Crippen LogP contribution is -2.34. The van der Waals surface area contributed by atoms with Crippen LogP contribution in [0.4, 0.5) is 10.8 Å². The lowest BCUT2D eigenvalue weighted by atomic mass is 10.1. The highest BCUT2D eigenvalue weighted by molar-refractivity contribution is 7.80. The molecule has 0 aliphatic heterocycles. The zero-order chi connectivity index (χ0) is 21.8. The fraction of sp³-hybridized carbons (Fsp3) is 0.0909. The van der Waals surface area contributed by atoms with E-state index in [0.717, 1.165) is 22.2 Å². The number of furan rings is 1. The highest BCUT2D eigenvalue weighted by Crippen LogP contribution is 2.28. The number of anilines is 2. The minimum Gasteiger partial charge on any atom is -0.459 e. The number of rotatable bonds is 5. The summed E-state index contributed by atoms with van der Waals surface area (Å²) in [5, 5.41) is 9.06. The van der Waals surface area contributed by atoms with Crippen LogP contribution in [-0.2, 0) is 6.42 Å². The van der Waals surface area contributed by atoms with Crippen molar-refractivity contribution in [3.05, 3.63) is 77.7 Å². The molecule has 0 fully saturated rings. The van der Waals surface area contributed by atoms with Crippen molar-refractivity contribution >= 4 is 61.5 Å². The van der Waals surface area contributed by atoms with Gasteiger partial charge in [0.05, 0.1) is 16.5 Å². The predicted octanol–water partition coefficient (Wildman–Crippen LogP) is 4.83. The van der Waals surface area contributed by atoms with Gasteiger partial charge in [-0.05, 0) is 66.7 Å².